The highest BCUT2D eigenvalue weighted by atomic mass is 79.9. The lowest BCUT2D eigenvalue weighted by Crippen LogP contribution is -2.19. The number of H-pyrrole nitrogens is 1. The highest BCUT2D eigenvalue weighted by Crippen LogP contribution is 2.36. The number of amides is 1. The van der Waals surface area contributed by atoms with Crippen LogP contribution in [0.15, 0.2) is 45.8 Å². The molecule has 1 unspecified atom stereocenters. The number of aliphatic hydroxyl groups excluding tert-OH is 1. The summed E-state index contributed by atoms with van der Waals surface area (Å²) in [5.74, 6) is 5.09. The van der Waals surface area contributed by atoms with Crippen LogP contribution in [-0.4, -0.2) is 40.1 Å². The number of hydrogen-bond donors (Lipinski definition) is 4. The zero-order valence-corrected chi connectivity index (χ0v) is 16.7. The number of halogens is 1. The molecule has 1 aliphatic rings. The summed E-state index contributed by atoms with van der Waals surface area (Å²) in [6.07, 6.45) is -1.32. The number of carbonyl (C=O) groups excluding carboxylic acids is 1. The van der Waals surface area contributed by atoms with Crippen LogP contribution in [0.3, 0.4) is 0 Å². The van der Waals surface area contributed by atoms with Crippen LogP contribution in [0.2, 0.25) is 0 Å². The number of fused-ring (bicyclic) bond motifs is 1. The fraction of sp³-hybridized carbons (Fsp3) is 0.0588. The number of anilines is 1. The van der Waals surface area contributed by atoms with Crippen molar-refractivity contribution in [1.29, 1.82) is 0 Å². The lowest BCUT2D eigenvalue weighted by molar-refractivity contribution is 0.0851. The molecule has 146 valence electrons. The van der Waals surface area contributed by atoms with Crippen LogP contribution in [0, 0.1) is 11.8 Å². The van der Waals surface area contributed by atoms with E-state index in [1.807, 2.05) is 0 Å². The lowest BCUT2D eigenvalue weighted by atomic mass is 10.1. The predicted molar refractivity (Wildman–Crippen MR) is 104 cm³/mol. The number of aromatic nitrogens is 4. The van der Waals surface area contributed by atoms with Crippen molar-refractivity contribution >= 4 is 37.5 Å². The molecule has 0 saturated carbocycles. The summed E-state index contributed by atoms with van der Waals surface area (Å²) in [5.41, 5.74) is 0.853. The normalized spacial score (nSPS) is 15.2. The average molecular weight is 475 g/mol. The maximum atomic E-state index is 12.9. The molecule has 2 heterocycles. The van der Waals surface area contributed by atoms with Gasteiger partial charge in [0.2, 0.25) is 5.82 Å². The summed E-state index contributed by atoms with van der Waals surface area (Å²) in [5, 5.41) is 25.5. The van der Waals surface area contributed by atoms with Crippen LogP contribution >= 0.6 is 15.9 Å². The van der Waals surface area contributed by atoms with Crippen LogP contribution in [0.25, 0.3) is 0 Å². The molecule has 0 aliphatic carbocycles. The van der Waals surface area contributed by atoms with Gasteiger partial charge in [-0.25, -0.2) is 8.42 Å². The summed E-state index contributed by atoms with van der Waals surface area (Å²) in [4.78, 5) is 11.9. The lowest BCUT2D eigenvalue weighted by Gasteiger charge is -2.14. The standard InChI is InChI=1S/C17H11BrN6O4S/c18-11-5-6-12(15-14(11)16(25)19-17(15)26)22-29(27,28)10-3-1-2-9(8-10)4-7-13-20-23-24-21-13/h1-3,5-6,8,17,22,26H,(H,19,25)(H,20,21,23,24). The van der Waals surface area contributed by atoms with Gasteiger partial charge in [-0.3, -0.25) is 9.52 Å². The SMILES string of the molecule is O=C1NC(O)c2c(NS(=O)(=O)c3cccc(C#Cc4nn[nH]n4)c3)ccc(Br)c21. The van der Waals surface area contributed by atoms with E-state index in [4.69, 9.17) is 0 Å². The van der Waals surface area contributed by atoms with E-state index in [-0.39, 0.29) is 27.5 Å². The van der Waals surface area contributed by atoms with Gasteiger partial charge in [0, 0.05) is 15.6 Å². The van der Waals surface area contributed by atoms with Crippen molar-refractivity contribution in [3.63, 3.8) is 0 Å². The maximum Gasteiger partial charge on any atom is 0.261 e. The fourth-order valence-electron chi connectivity index (χ4n) is 2.75. The van der Waals surface area contributed by atoms with Gasteiger partial charge in [0.1, 0.15) is 0 Å². The topological polar surface area (TPSA) is 150 Å². The zero-order chi connectivity index (χ0) is 20.6. The molecule has 0 saturated heterocycles. The number of rotatable bonds is 3. The molecule has 10 nitrogen and oxygen atoms in total. The number of carbonyl (C=O) groups is 1. The Labute approximate surface area is 172 Å². The van der Waals surface area contributed by atoms with E-state index in [1.165, 1.54) is 24.3 Å². The largest absolute Gasteiger partial charge is 0.369 e. The molecule has 3 aromatic rings. The van der Waals surface area contributed by atoms with E-state index in [9.17, 15) is 18.3 Å². The molecule has 1 atom stereocenters. The van der Waals surface area contributed by atoms with Crippen molar-refractivity contribution in [2.24, 2.45) is 0 Å². The summed E-state index contributed by atoms with van der Waals surface area (Å²) in [7, 11) is -4.02. The van der Waals surface area contributed by atoms with E-state index in [2.05, 4.69) is 58.4 Å². The molecule has 1 aliphatic heterocycles. The number of nitrogens with zero attached hydrogens (tertiary/aromatic N) is 3. The molecule has 4 N–H and O–H groups in total. The van der Waals surface area contributed by atoms with Crippen molar-refractivity contribution in [2.75, 3.05) is 4.72 Å². The zero-order valence-electron chi connectivity index (χ0n) is 14.3. The smallest absolute Gasteiger partial charge is 0.261 e. The summed E-state index contributed by atoms with van der Waals surface area (Å²) < 4.78 is 28.6. The number of aliphatic hydroxyl groups is 1. The maximum absolute atomic E-state index is 12.9. The molecule has 0 fully saturated rings. The second-order valence-corrected chi connectivity index (χ2v) is 8.42. The highest BCUT2D eigenvalue weighted by Gasteiger charge is 2.33. The molecule has 0 bridgehead atoms. The molecular formula is C17H11BrN6O4S. The van der Waals surface area contributed by atoms with E-state index in [0.717, 1.165) is 0 Å². The van der Waals surface area contributed by atoms with Crippen LogP contribution in [0.5, 0.6) is 0 Å². The Morgan fingerprint density at radius 3 is 2.79 bits per heavy atom. The Hall–Kier alpha value is -3.27. The summed E-state index contributed by atoms with van der Waals surface area (Å²) in [6, 6.07) is 8.95. The number of aromatic amines is 1. The van der Waals surface area contributed by atoms with Crippen LogP contribution in [0.4, 0.5) is 5.69 Å². The number of hydrogen-bond acceptors (Lipinski definition) is 7. The van der Waals surface area contributed by atoms with E-state index in [1.54, 1.807) is 12.1 Å². The molecule has 1 amide bonds. The molecular weight excluding hydrogens is 464 g/mol. The minimum Gasteiger partial charge on any atom is -0.369 e. The molecule has 0 spiro atoms. The number of benzene rings is 2. The van der Waals surface area contributed by atoms with Crippen LogP contribution in [-0.2, 0) is 10.0 Å². The average Bonchev–Trinajstić information content (AvgIpc) is 3.31. The van der Waals surface area contributed by atoms with E-state index in [0.29, 0.717) is 10.0 Å². The second kappa shape index (κ2) is 7.28. The van der Waals surface area contributed by atoms with Crippen molar-refractivity contribution in [1.82, 2.24) is 25.9 Å². The monoisotopic (exact) mass is 474 g/mol. The minimum atomic E-state index is -4.02. The minimum absolute atomic E-state index is 0.0409. The fourth-order valence-corrected chi connectivity index (χ4v) is 4.40. The van der Waals surface area contributed by atoms with Crippen LogP contribution in [0.1, 0.15) is 33.5 Å². The Morgan fingerprint density at radius 1 is 1.21 bits per heavy atom. The number of nitrogens with one attached hydrogen (secondary N) is 3. The van der Waals surface area contributed by atoms with Gasteiger partial charge < -0.3 is 10.4 Å². The number of sulfonamides is 1. The van der Waals surface area contributed by atoms with E-state index >= 15 is 0 Å². The predicted octanol–water partition coefficient (Wildman–Crippen LogP) is 0.897. The first kappa shape index (κ1) is 19.1. The van der Waals surface area contributed by atoms with Crippen molar-refractivity contribution in [3.8, 4) is 11.8 Å². The Morgan fingerprint density at radius 2 is 2.03 bits per heavy atom. The van der Waals surface area contributed by atoms with Gasteiger partial charge in [0.15, 0.2) is 6.23 Å². The van der Waals surface area contributed by atoms with Crippen molar-refractivity contribution in [3.05, 3.63) is 63.4 Å². The Bertz CT molecular complexity index is 1280. The van der Waals surface area contributed by atoms with Crippen LogP contribution < -0.4 is 10.0 Å². The van der Waals surface area contributed by atoms with E-state index < -0.39 is 22.2 Å². The van der Waals surface area contributed by atoms with Gasteiger partial charge in [-0.05, 0) is 57.4 Å². The molecule has 12 heteroatoms. The van der Waals surface area contributed by atoms with Gasteiger partial charge in [0.05, 0.1) is 16.1 Å². The molecule has 0 radical (unpaired) electrons. The first-order chi connectivity index (χ1) is 13.8. The van der Waals surface area contributed by atoms with Crippen molar-refractivity contribution in [2.45, 2.75) is 11.1 Å². The number of tetrazole rings is 1. The van der Waals surface area contributed by atoms with Gasteiger partial charge >= 0.3 is 0 Å². The third kappa shape index (κ3) is 3.70. The first-order valence-electron chi connectivity index (χ1n) is 8.05. The van der Waals surface area contributed by atoms with Gasteiger partial charge in [0.25, 0.3) is 15.9 Å². The second-order valence-electron chi connectivity index (χ2n) is 5.88. The van der Waals surface area contributed by atoms with Crippen molar-refractivity contribution < 1.29 is 18.3 Å². The molecule has 2 aromatic carbocycles. The molecule has 4 rings (SSSR count). The van der Waals surface area contributed by atoms with Gasteiger partial charge in [-0.1, -0.05) is 17.1 Å². The van der Waals surface area contributed by atoms with Gasteiger partial charge in [-0.15, -0.1) is 5.10 Å². The molecule has 1 aromatic heterocycles. The quantitative estimate of drug-likeness (QED) is 0.411. The third-order valence-electron chi connectivity index (χ3n) is 4.02. The first-order valence-corrected chi connectivity index (χ1v) is 10.3. The summed E-state index contributed by atoms with van der Waals surface area (Å²) >= 11 is 3.24. The molecule has 29 heavy (non-hydrogen) atoms. The van der Waals surface area contributed by atoms with Gasteiger partial charge in [-0.2, -0.15) is 5.21 Å². The Kier molecular flexibility index (Phi) is 4.79. The third-order valence-corrected chi connectivity index (χ3v) is 6.04. The summed E-state index contributed by atoms with van der Waals surface area (Å²) in [6.45, 7) is 0. The highest BCUT2D eigenvalue weighted by molar-refractivity contribution is 9.10. The Balaban J connectivity index is 1.68.